The number of amides is 1. The van der Waals surface area contributed by atoms with Gasteiger partial charge in [0.25, 0.3) is 5.91 Å². The van der Waals surface area contributed by atoms with Gasteiger partial charge in [-0.15, -0.1) is 0 Å². The molecule has 2 aromatic carbocycles. The summed E-state index contributed by atoms with van der Waals surface area (Å²) >= 11 is 7.47. The first-order valence-corrected chi connectivity index (χ1v) is 11.8. The Hall–Kier alpha value is -4.19. The van der Waals surface area contributed by atoms with Crippen molar-refractivity contribution in [1.29, 1.82) is 5.26 Å². The molecule has 1 N–H and O–H groups in total. The van der Waals surface area contributed by atoms with Crippen LogP contribution in [-0.4, -0.2) is 25.8 Å². The second-order valence-electron chi connectivity index (χ2n) is 7.88. The number of hydrogen-bond acceptors (Lipinski definition) is 7. The van der Waals surface area contributed by atoms with Crippen LogP contribution in [0.3, 0.4) is 0 Å². The SMILES string of the molecule is Cc1cc(-c2cc(Cl)ccc2C)c(C(=O)Nc2nc3ncc(-c4ccc(C#N)cc4)nc3s2)cn1. The number of aromatic nitrogens is 4. The van der Waals surface area contributed by atoms with Crippen molar-refractivity contribution >= 4 is 44.5 Å². The summed E-state index contributed by atoms with van der Waals surface area (Å²) in [5.41, 5.74) is 6.33. The van der Waals surface area contributed by atoms with E-state index in [0.717, 1.165) is 27.9 Å². The van der Waals surface area contributed by atoms with Crippen molar-refractivity contribution in [2.75, 3.05) is 5.32 Å². The van der Waals surface area contributed by atoms with Crippen LogP contribution in [0.25, 0.3) is 32.9 Å². The maximum Gasteiger partial charge on any atom is 0.259 e. The van der Waals surface area contributed by atoms with Crippen molar-refractivity contribution in [2.24, 2.45) is 0 Å². The van der Waals surface area contributed by atoms with Gasteiger partial charge in [-0.2, -0.15) is 10.2 Å². The number of nitrogens with one attached hydrogen (secondary N) is 1. The number of anilines is 1. The molecule has 0 bridgehead atoms. The lowest BCUT2D eigenvalue weighted by Gasteiger charge is -2.12. The van der Waals surface area contributed by atoms with Crippen LogP contribution in [0.2, 0.25) is 5.02 Å². The molecular weight excluding hydrogens is 480 g/mol. The minimum absolute atomic E-state index is 0.335. The highest BCUT2D eigenvalue weighted by molar-refractivity contribution is 7.21. The zero-order valence-electron chi connectivity index (χ0n) is 18.7. The Bertz CT molecular complexity index is 1640. The maximum absolute atomic E-state index is 13.3. The summed E-state index contributed by atoms with van der Waals surface area (Å²) in [6.07, 6.45) is 3.19. The van der Waals surface area contributed by atoms with Gasteiger partial charge >= 0.3 is 0 Å². The van der Waals surface area contributed by atoms with Gasteiger partial charge in [-0.25, -0.2) is 9.97 Å². The molecule has 5 rings (SSSR count). The van der Waals surface area contributed by atoms with Crippen LogP contribution in [0.4, 0.5) is 5.13 Å². The first-order chi connectivity index (χ1) is 16.9. The third-order valence-electron chi connectivity index (χ3n) is 5.43. The van der Waals surface area contributed by atoms with E-state index in [-0.39, 0.29) is 5.91 Å². The summed E-state index contributed by atoms with van der Waals surface area (Å²) in [4.78, 5) is 31.6. The molecule has 0 fully saturated rings. The monoisotopic (exact) mass is 496 g/mol. The van der Waals surface area contributed by atoms with Gasteiger partial charge in [-0.05, 0) is 60.9 Å². The summed E-state index contributed by atoms with van der Waals surface area (Å²) in [6.45, 7) is 3.85. The number of nitriles is 1. The summed E-state index contributed by atoms with van der Waals surface area (Å²) in [7, 11) is 0. The Morgan fingerprint density at radius 2 is 1.80 bits per heavy atom. The van der Waals surface area contributed by atoms with Gasteiger partial charge in [-0.3, -0.25) is 15.1 Å². The molecule has 35 heavy (non-hydrogen) atoms. The van der Waals surface area contributed by atoms with Gasteiger partial charge < -0.3 is 0 Å². The fourth-order valence-corrected chi connectivity index (χ4v) is 4.61. The van der Waals surface area contributed by atoms with Crippen molar-refractivity contribution < 1.29 is 4.79 Å². The number of hydrogen-bond donors (Lipinski definition) is 1. The summed E-state index contributed by atoms with van der Waals surface area (Å²) in [5.74, 6) is -0.335. The van der Waals surface area contributed by atoms with Crippen molar-refractivity contribution in [3.05, 3.63) is 88.3 Å². The van der Waals surface area contributed by atoms with Crippen LogP contribution >= 0.6 is 22.9 Å². The molecule has 0 aliphatic carbocycles. The van der Waals surface area contributed by atoms with E-state index >= 15 is 0 Å². The van der Waals surface area contributed by atoms with Crippen molar-refractivity contribution in [3.8, 4) is 28.5 Å². The lowest BCUT2D eigenvalue weighted by molar-refractivity contribution is 0.102. The zero-order chi connectivity index (χ0) is 24.5. The molecule has 5 aromatic rings. The van der Waals surface area contributed by atoms with Crippen LogP contribution in [0, 0.1) is 25.2 Å². The van der Waals surface area contributed by atoms with Crippen molar-refractivity contribution in [3.63, 3.8) is 0 Å². The Balaban J connectivity index is 1.46. The van der Waals surface area contributed by atoms with Gasteiger partial charge in [0.15, 0.2) is 15.6 Å². The van der Waals surface area contributed by atoms with Crippen LogP contribution in [0.1, 0.15) is 27.2 Å². The average Bonchev–Trinajstić information content (AvgIpc) is 3.26. The quantitative estimate of drug-likeness (QED) is 0.317. The summed E-state index contributed by atoms with van der Waals surface area (Å²) < 4.78 is 0. The number of pyridine rings is 1. The smallest absolute Gasteiger partial charge is 0.259 e. The van der Waals surface area contributed by atoms with Gasteiger partial charge in [-0.1, -0.05) is 41.1 Å². The number of rotatable bonds is 4. The first-order valence-electron chi connectivity index (χ1n) is 10.6. The number of nitrogens with zero attached hydrogens (tertiary/aromatic N) is 5. The fourth-order valence-electron chi connectivity index (χ4n) is 3.64. The number of carbonyl (C=O) groups is 1. The van der Waals surface area contributed by atoms with Crippen LogP contribution in [-0.2, 0) is 0 Å². The molecule has 0 radical (unpaired) electrons. The molecule has 0 atom stereocenters. The fraction of sp³-hybridized carbons (Fsp3) is 0.0769. The van der Waals surface area contributed by atoms with Gasteiger partial charge in [0.05, 0.1) is 29.1 Å². The normalized spacial score (nSPS) is 10.8. The van der Waals surface area contributed by atoms with E-state index in [4.69, 9.17) is 16.9 Å². The molecule has 0 aliphatic rings. The Morgan fingerprint density at radius 1 is 1.00 bits per heavy atom. The van der Waals surface area contributed by atoms with E-state index in [1.807, 2.05) is 50.2 Å². The van der Waals surface area contributed by atoms with Crippen LogP contribution in [0.15, 0.2) is 60.9 Å². The van der Waals surface area contributed by atoms with Gasteiger partial charge in [0.1, 0.15) is 0 Å². The Kier molecular flexibility index (Phi) is 5.95. The topological polar surface area (TPSA) is 104 Å². The van der Waals surface area contributed by atoms with E-state index in [2.05, 4.69) is 31.3 Å². The van der Waals surface area contributed by atoms with E-state index in [0.29, 0.717) is 37.5 Å². The second kappa shape index (κ2) is 9.22. The van der Waals surface area contributed by atoms with E-state index in [9.17, 15) is 4.79 Å². The summed E-state index contributed by atoms with van der Waals surface area (Å²) in [6, 6.07) is 16.7. The minimum atomic E-state index is -0.335. The Morgan fingerprint density at radius 3 is 2.57 bits per heavy atom. The summed E-state index contributed by atoms with van der Waals surface area (Å²) in [5, 5.41) is 12.8. The zero-order valence-corrected chi connectivity index (χ0v) is 20.3. The highest BCUT2D eigenvalue weighted by Crippen LogP contribution is 2.31. The van der Waals surface area contributed by atoms with Crippen LogP contribution in [0.5, 0.6) is 0 Å². The molecule has 0 unspecified atom stereocenters. The molecule has 7 nitrogen and oxygen atoms in total. The molecule has 9 heteroatoms. The number of aryl methyl sites for hydroxylation is 2. The third-order valence-corrected chi connectivity index (χ3v) is 6.52. The number of thiazole rings is 1. The number of carbonyl (C=O) groups excluding carboxylic acids is 1. The third kappa shape index (κ3) is 4.60. The average molecular weight is 497 g/mol. The van der Waals surface area contributed by atoms with Crippen molar-refractivity contribution in [2.45, 2.75) is 13.8 Å². The number of halogens is 1. The number of benzene rings is 2. The predicted molar refractivity (Wildman–Crippen MR) is 137 cm³/mol. The van der Waals surface area contributed by atoms with E-state index in [1.165, 1.54) is 11.3 Å². The van der Waals surface area contributed by atoms with Crippen LogP contribution < -0.4 is 5.32 Å². The molecule has 0 spiro atoms. The molecule has 0 saturated heterocycles. The predicted octanol–water partition coefficient (Wildman–Crippen LogP) is 6.21. The molecular formula is C26H17ClN6OS. The van der Waals surface area contributed by atoms with E-state index in [1.54, 1.807) is 24.5 Å². The second-order valence-corrected chi connectivity index (χ2v) is 9.29. The lowest BCUT2D eigenvalue weighted by Crippen LogP contribution is -2.14. The maximum atomic E-state index is 13.3. The molecule has 1 amide bonds. The largest absolute Gasteiger partial charge is 0.298 e. The molecule has 170 valence electrons. The number of fused-ring (bicyclic) bond motifs is 1. The molecule has 0 aliphatic heterocycles. The standard InChI is InChI=1S/C26H17ClN6OS/c1-14-3-8-18(27)10-19(14)20-9-15(2)29-12-21(20)24(34)33-26-32-23-25(35-26)31-22(13-30-23)17-6-4-16(11-28)5-7-17/h3-10,12-13H,1-2H3,(H,30,32,33,34). The van der Waals surface area contributed by atoms with Gasteiger partial charge in [0.2, 0.25) is 0 Å². The Labute approximate surface area is 210 Å². The van der Waals surface area contributed by atoms with E-state index < -0.39 is 0 Å². The lowest BCUT2D eigenvalue weighted by atomic mass is 9.96. The highest BCUT2D eigenvalue weighted by atomic mass is 35.5. The van der Waals surface area contributed by atoms with Gasteiger partial charge in [0, 0.05) is 22.5 Å². The molecule has 3 heterocycles. The minimum Gasteiger partial charge on any atom is -0.298 e. The highest BCUT2D eigenvalue weighted by Gasteiger charge is 2.18. The molecule has 0 saturated carbocycles. The molecule has 3 aromatic heterocycles. The first kappa shape index (κ1) is 22.6. The van der Waals surface area contributed by atoms with Crippen molar-refractivity contribution in [1.82, 2.24) is 19.9 Å².